The number of carbonyl (C=O) groups is 1. The number of nitriles is 1. The van der Waals surface area contributed by atoms with Crippen LogP contribution in [0.1, 0.15) is 47.0 Å². The van der Waals surface area contributed by atoms with Crippen LogP contribution in [0, 0.1) is 16.7 Å². The maximum Gasteiger partial charge on any atom is 0.330 e. The van der Waals surface area contributed by atoms with Crippen LogP contribution in [0.2, 0.25) is 0 Å². The van der Waals surface area contributed by atoms with E-state index in [4.69, 9.17) is 4.74 Å². The molecule has 3 heteroatoms. The van der Waals surface area contributed by atoms with Gasteiger partial charge in [0.1, 0.15) is 0 Å². The molecule has 0 aromatic rings. The molecule has 16 heavy (non-hydrogen) atoms. The Morgan fingerprint density at radius 3 is 2.50 bits per heavy atom. The van der Waals surface area contributed by atoms with Crippen molar-refractivity contribution in [3.05, 3.63) is 11.6 Å². The highest BCUT2D eigenvalue weighted by atomic mass is 16.5. The van der Waals surface area contributed by atoms with Crippen molar-refractivity contribution in [3.8, 4) is 6.07 Å². The zero-order chi connectivity index (χ0) is 12.6. The maximum absolute atomic E-state index is 11.9. The van der Waals surface area contributed by atoms with E-state index in [2.05, 4.69) is 6.07 Å². The summed E-state index contributed by atoms with van der Waals surface area (Å²) >= 11 is 0. The monoisotopic (exact) mass is 223 g/mol. The summed E-state index contributed by atoms with van der Waals surface area (Å²) in [7, 11) is 0. The predicted octanol–water partition coefficient (Wildman–Crippen LogP) is 3.22. The van der Waals surface area contributed by atoms with Crippen LogP contribution in [-0.2, 0) is 9.53 Å². The van der Waals surface area contributed by atoms with Gasteiger partial charge in [-0.25, -0.2) is 4.79 Å². The fourth-order valence-corrected chi connectivity index (χ4v) is 1.59. The molecule has 3 nitrogen and oxygen atoms in total. The summed E-state index contributed by atoms with van der Waals surface area (Å²) in [6, 6.07) is 2.14. The van der Waals surface area contributed by atoms with Crippen LogP contribution in [0.5, 0.6) is 0 Å². The topological polar surface area (TPSA) is 50.1 Å². The molecule has 0 saturated carbocycles. The van der Waals surface area contributed by atoms with Crippen LogP contribution in [0.3, 0.4) is 0 Å². The van der Waals surface area contributed by atoms with E-state index in [-0.39, 0.29) is 0 Å². The number of nitrogens with zero attached hydrogens (tertiary/aromatic N) is 1. The van der Waals surface area contributed by atoms with E-state index in [1.165, 1.54) is 0 Å². The number of esters is 1. The van der Waals surface area contributed by atoms with Crippen molar-refractivity contribution in [2.75, 3.05) is 6.61 Å². The molecule has 0 N–H and O–H groups in total. The molecule has 90 valence electrons. The number of hydrogen-bond acceptors (Lipinski definition) is 3. The van der Waals surface area contributed by atoms with Crippen molar-refractivity contribution in [2.24, 2.45) is 5.41 Å². The highest BCUT2D eigenvalue weighted by molar-refractivity contribution is 5.83. The van der Waals surface area contributed by atoms with Gasteiger partial charge in [-0.1, -0.05) is 25.8 Å². The zero-order valence-electron chi connectivity index (χ0n) is 10.7. The quantitative estimate of drug-likeness (QED) is 0.513. The average molecular weight is 223 g/mol. The van der Waals surface area contributed by atoms with E-state index in [1.807, 2.05) is 26.8 Å². The largest absolute Gasteiger partial charge is 0.465 e. The van der Waals surface area contributed by atoms with Gasteiger partial charge in [0, 0.05) is 0 Å². The maximum atomic E-state index is 11.9. The minimum Gasteiger partial charge on any atom is -0.465 e. The first-order chi connectivity index (χ1) is 7.58. The lowest BCUT2D eigenvalue weighted by Crippen LogP contribution is -2.33. The molecular formula is C13H21NO2. The van der Waals surface area contributed by atoms with E-state index in [1.54, 1.807) is 6.92 Å². The molecule has 0 fully saturated rings. The van der Waals surface area contributed by atoms with Gasteiger partial charge in [-0.3, -0.25) is 0 Å². The van der Waals surface area contributed by atoms with Crippen molar-refractivity contribution >= 4 is 5.97 Å². The summed E-state index contributed by atoms with van der Waals surface area (Å²) in [4.78, 5) is 11.9. The first-order valence-corrected chi connectivity index (χ1v) is 5.80. The molecule has 0 radical (unpaired) electrons. The fraction of sp³-hybridized carbons (Fsp3) is 0.692. The summed E-state index contributed by atoms with van der Waals surface area (Å²) in [5.41, 5.74) is -0.303. The Bertz CT molecular complexity index is 302. The number of allylic oxidation sites excluding steroid dienone is 1. The van der Waals surface area contributed by atoms with Gasteiger partial charge in [-0.15, -0.1) is 0 Å². The third-order valence-corrected chi connectivity index (χ3v) is 2.83. The van der Waals surface area contributed by atoms with Gasteiger partial charge in [-0.05, 0) is 32.8 Å². The SMILES string of the molecule is C/C=C(\C)C(C#N)(CCCC)C(=O)OCC. The van der Waals surface area contributed by atoms with Crippen LogP contribution < -0.4 is 0 Å². The van der Waals surface area contributed by atoms with E-state index in [9.17, 15) is 10.1 Å². The Morgan fingerprint density at radius 1 is 1.50 bits per heavy atom. The number of hydrogen-bond donors (Lipinski definition) is 0. The summed E-state index contributed by atoms with van der Waals surface area (Å²) < 4.78 is 5.02. The molecule has 0 heterocycles. The van der Waals surface area contributed by atoms with Crippen LogP contribution in [0.15, 0.2) is 11.6 Å². The van der Waals surface area contributed by atoms with Gasteiger partial charge in [0.25, 0.3) is 0 Å². The Balaban J connectivity index is 5.13. The fourth-order valence-electron chi connectivity index (χ4n) is 1.59. The van der Waals surface area contributed by atoms with Gasteiger partial charge in [-0.2, -0.15) is 5.26 Å². The first-order valence-electron chi connectivity index (χ1n) is 5.80. The minimum absolute atomic E-state index is 0.311. The second-order valence-electron chi connectivity index (χ2n) is 3.81. The Kier molecular flexibility index (Phi) is 6.48. The van der Waals surface area contributed by atoms with Crippen molar-refractivity contribution in [3.63, 3.8) is 0 Å². The first kappa shape index (κ1) is 14.7. The Morgan fingerprint density at radius 2 is 2.12 bits per heavy atom. The smallest absolute Gasteiger partial charge is 0.330 e. The molecule has 0 aliphatic rings. The minimum atomic E-state index is -1.08. The van der Waals surface area contributed by atoms with Crippen LogP contribution in [-0.4, -0.2) is 12.6 Å². The van der Waals surface area contributed by atoms with Crippen LogP contribution in [0.25, 0.3) is 0 Å². The van der Waals surface area contributed by atoms with E-state index in [0.717, 1.165) is 18.4 Å². The van der Waals surface area contributed by atoms with E-state index < -0.39 is 11.4 Å². The molecule has 0 aliphatic heterocycles. The average Bonchev–Trinajstić information content (AvgIpc) is 2.30. The molecule has 0 bridgehead atoms. The highest BCUT2D eigenvalue weighted by Crippen LogP contribution is 2.34. The molecule has 0 aromatic heterocycles. The summed E-state index contributed by atoms with van der Waals surface area (Å²) in [6.45, 7) is 7.76. The molecule has 1 atom stereocenters. The van der Waals surface area contributed by atoms with E-state index in [0.29, 0.717) is 13.0 Å². The third-order valence-electron chi connectivity index (χ3n) is 2.83. The second kappa shape index (κ2) is 7.05. The summed E-state index contributed by atoms with van der Waals surface area (Å²) in [6.07, 6.45) is 4.15. The van der Waals surface area contributed by atoms with Gasteiger partial charge in [0.15, 0.2) is 5.41 Å². The van der Waals surface area contributed by atoms with Crippen molar-refractivity contribution in [2.45, 2.75) is 47.0 Å². The van der Waals surface area contributed by atoms with Gasteiger partial charge in [0.2, 0.25) is 0 Å². The lowest BCUT2D eigenvalue weighted by molar-refractivity contribution is -0.150. The van der Waals surface area contributed by atoms with Crippen molar-refractivity contribution < 1.29 is 9.53 Å². The van der Waals surface area contributed by atoms with Gasteiger partial charge in [0.05, 0.1) is 12.7 Å². The molecular weight excluding hydrogens is 202 g/mol. The predicted molar refractivity (Wildman–Crippen MR) is 63.6 cm³/mol. The van der Waals surface area contributed by atoms with E-state index >= 15 is 0 Å². The summed E-state index contributed by atoms with van der Waals surface area (Å²) in [5, 5.41) is 9.31. The highest BCUT2D eigenvalue weighted by Gasteiger charge is 2.41. The van der Waals surface area contributed by atoms with Gasteiger partial charge >= 0.3 is 5.97 Å². The zero-order valence-corrected chi connectivity index (χ0v) is 10.7. The Labute approximate surface area is 98.1 Å². The van der Waals surface area contributed by atoms with Crippen LogP contribution >= 0.6 is 0 Å². The molecule has 0 spiro atoms. The molecule has 0 saturated heterocycles. The second-order valence-corrected chi connectivity index (χ2v) is 3.81. The molecule has 0 rings (SSSR count). The Hall–Kier alpha value is -1.30. The standard InChI is InChI=1S/C13H21NO2/c1-5-8-9-13(10-14,11(4)6-2)12(15)16-7-3/h6H,5,7-9H2,1-4H3/b11-6+. The number of ether oxygens (including phenoxy) is 1. The molecule has 1 unspecified atom stereocenters. The normalized spacial score (nSPS) is 15.1. The van der Waals surface area contributed by atoms with Crippen molar-refractivity contribution in [1.82, 2.24) is 0 Å². The van der Waals surface area contributed by atoms with Crippen molar-refractivity contribution in [1.29, 1.82) is 5.26 Å². The molecule has 0 aliphatic carbocycles. The number of unbranched alkanes of at least 4 members (excludes halogenated alkanes) is 1. The van der Waals surface area contributed by atoms with Gasteiger partial charge < -0.3 is 4.74 Å². The lowest BCUT2D eigenvalue weighted by Gasteiger charge is -2.25. The number of rotatable bonds is 6. The lowest BCUT2D eigenvalue weighted by atomic mass is 9.77. The summed E-state index contributed by atoms with van der Waals surface area (Å²) in [5.74, 6) is -0.415. The molecule has 0 amide bonds. The van der Waals surface area contributed by atoms with Crippen LogP contribution in [0.4, 0.5) is 0 Å². The third kappa shape index (κ3) is 3.10. The number of carbonyl (C=O) groups excluding carboxylic acids is 1. The molecule has 0 aromatic carbocycles.